The lowest BCUT2D eigenvalue weighted by molar-refractivity contribution is 0.232. The van der Waals surface area contributed by atoms with E-state index in [-0.39, 0.29) is 5.75 Å². The molecule has 0 saturated heterocycles. The van der Waals surface area contributed by atoms with Crippen LogP contribution in [0.5, 0.6) is 17.2 Å². The highest BCUT2D eigenvalue weighted by atomic mass is 16.5. The minimum atomic E-state index is 0.0921. The first-order valence-corrected chi connectivity index (χ1v) is 18.3. The molecule has 0 aliphatic rings. The number of ether oxygens (including phenoxy) is 2. The number of aromatic nitrogens is 2. The van der Waals surface area contributed by atoms with E-state index in [2.05, 4.69) is 92.7 Å². The van der Waals surface area contributed by atoms with Crippen molar-refractivity contribution < 1.29 is 14.6 Å². The molecule has 8 aromatic rings. The fourth-order valence-corrected chi connectivity index (χ4v) is 7.49. The number of unbranched alkanes of at least 4 members (excludes halogenated alkanes) is 1. The van der Waals surface area contributed by atoms with Crippen molar-refractivity contribution in [3.05, 3.63) is 127 Å². The second kappa shape index (κ2) is 14.4. The van der Waals surface area contributed by atoms with Gasteiger partial charge in [0.05, 0.1) is 30.7 Å². The van der Waals surface area contributed by atoms with Gasteiger partial charge in [-0.15, -0.1) is 0 Å². The summed E-state index contributed by atoms with van der Waals surface area (Å²) in [5, 5.41) is 18.4. The maximum absolute atomic E-state index is 11.4. The smallest absolute Gasteiger partial charge is 0.164 e. The Morgan fingerprint density at radius 2 is 1.29 bits per heavy atom. The van der Waals surface area contributed by atoms with Crippen molar-refractivity contribution in [2.45, 2.75) is 39.5 Å². The lowest BCUT2D eigenvalue weighted by atomic mass is 9.87. The number of rotatable bonds is 12. The number of para-hydroxylation sites is 1. The normalized spacial score (nSPS) is 12.1. The number of hydrogen-bond donors (Lipinski definition) is 1. The van der Waals surface area contributed by atoms with Crippen molar-refractivity contribution in [3.8, 4) is 62.3 Å². The van der Waals surface area contributed by atoms with Gasteiger partial charge in [-0.3, -0.25) is 0 Å². The van der Waals surface area contributed by atoms with Crippen LogP contribution in [0.25, 0.3) is 77.3 Å². The van der Waals surface area contributed by atoms with Crippen molar-refractivity contribution in [2.75, 3.05) is 13.7 Å². The van der Waals surface area contributed by atoms with E-state index in [4.69, 9.17) is 19.4 Å². The van der Waals surface area contributed by atoms with E-state index in [1.807, 2.05) is 42.5 Å². The lowest BCUT2D eigenvalue weighted by Gasteiger charge is -2.18. The maximum Gasteiger partial charge on any atom is 0.164 e. The first-order chi connectivity index (χ1) is 25.6. The van der Waals surface area contributed by atoms with Crippen molar-refractivity contribution in [3.63, 3.8) is 0 Å². The molecular formula is C47H42N2O3. The molecule has 7 aromatic carbocycles. The predicted octanol–water partition coefficient (Wildman–Crippen LogP) is 12.4. The summed E-state index contributed by atoms with van der Waals surface area (Å²) in [5.74, 6) is 2.54. The Morgan fingerprint density at radius 3 is 2.00 bits per heavy atom. The van der Waals surface area contributed by atoms with E-state index in [1.165, 1.54) is 39.8 Å². The van der Waals surface area contributed by atoms with Gasteiger partial charge in [-0.25, -0.2) is 9.97 Å². The zero-order chi connectivity index (χ0) is 35.6. The molecule has 1 N–H and O–H groups in total. The second-order valence-corrected chi connectivity index (χ2v) is 13.6. The van der Waals surface area contributed by atoms with Crippen LogP contribution in [0.3, 0.4) is 0 Å². The molecule has 0 aliphatic heterocycles. The van der Waals surface area contributed by atoms with Crippen LogP contribution in [-0.4, -0.2) is 28.8 Å². The molecule has 8 rings (SSSR count). The van der Waals surface area contributed by atoms with Crippen molar-refractivity contribution in [1.29, 1.82) is 0 Å². The number of benzene rings is 7. The Balaban J connectivity index is 1.26. The van der Waals surface area contributed by atoms with Gasteiger partial charge >= 0.3 is 0 Å². The SMILES string of the molecule is CCCCC(CC)COc1ccc(-c2nc(-c3ccccc3)cc(-c3ccc4ccc5c(-c6ccccc6OC)ccc6ccc3c4c65)n2)c(O)c1. The summed E-state index contributed by atoms with van der Waals surface area (Å²) in [6.45, 7) is 5.06. The number of phenolic OH excluding ortho intramolecular Hbond substituents is 1. The molecule has 52 heavy (non-hydrogen) atoms. The van der Waals surface area contributed by atoms with Gasteiger partial charge in [-0.2, -0.15) is 0 Å². The van der Waals surface area contributed by atoms with E-state index in [1.54, 1.807) is 13.2 Å². The molecular weight excluding hydrogens is 641 g/mol. The summed E-state index contributed by atoms with van der Waals surface area (Å²) < 4.78 is 11.9. The zero-order valence-electron chi connectivity index (χ0n) is 29.9. The van der Waals surface area contributed by atoms with Crippen LogP contribution >= 0.6 is 0 Å². The van der Waals surface area contributed by atoms with E-state index in [9.17, 15) is 5.11 Å². The summed E-state index contributed by atoms with van der Waals surface area (Å²) >= 11 is 0. The van der Waals surface area contributed by atoms with Gasteiger partial charge in [-0.1, -0.05) is 130 Å². The first kappa shape index (κ1) is 33.2. The van der Waals surface area contributed by atoms with Crippen molar-refractivity contribution in [2.24, 2.45) is 5.92 Å². The first-order valence-electron chi connectivity index (χ1n) is 18.3. The maximum atomic E-state index is 11.4. The number of phenols is 1. The topological polar surface area (TPSA) is 64.5 Å². The Hall–Kier alpha value is -5.94. The number of nitrogens with zero attached hydrogens (tertiary/aromatic N) is 2. The molecule has 0 spiro atoms. The zero-order valence-corrected chi connectivity index (χ0v) is 29.9. The van der Waals surface area contributed by atoms with E-state index in [0.29, 0.717) is 29.7 Å². The van der Waals surface area contributed by atoms with Crippen LogP contribution in [0, 0.1) is 5.92 Å². The summed E-state index contributed by atoms with van der Waals surface area (Å²) in [6.07, 6.45) is 4.58. The Labute approximate surface area is 304 Å². The molecule has 1 atom stereocenters. The number of hydrogen-bond acceptors (Lipinski definition) is 5. The largest absolute Gasteiger partial charge is 0.507 e. The summed E-state index contributed by atoms with van der Waals surface area (Å²) in [6, 6.07) is 43.4. The molecule has 5 heteroatoms. The van der Waals surface area contributed by atoms with E-state index >= 15 is 0 Å². The van der Waals surface area contributed by atoms with Crippen LogP contribution in [0.15, 0.2) is 127 Å². The summed E-state index contributed by atoms with van der Waals surface area (Å²) in [7, 11) is 1.72. The highest BCUT2D eigenvalue weighted by molar-refractivity contribution is 6.27. The Morgan fingerprint density at radius 1 is 0.635 bits per heavy atom. The molecule has 1 heterocycles. The summed E-state index contributed by atoms with van der Waals surface area (Å²) in [5.41, 5.74) is 6.30. The van der Waals surface area contributed by atoms with Gasteiger partial charge in [0.1, 0.15) is 17.2 Å². The fraction of sp³-hybridized carbons (Fsp3) is 0.191. The fourth-order valence-electron chi connectivity index (χ4n) is 7.49. The molecule has 0 amide bonds. The third-order valence-corrected chi connectivity index (χ3v) is 10.4. The molecule has 258 valence electrons. The van der Waals surface area contributed by atoms with E-state index in [0.717, 1.165) is 57.6 Å². The number of methoxy groups -OCH3 is 1. The standard InChI is InChI=1S/C47H42N2O3/c1-4-6-12-30(5-2)29-52-34-21-26-40(43(50)27-34)47-48-41(31-13-8-7-9-14-31)28-42(49-47)36-23-18-33-19-24-38-35(37-15-10-11-16-44(37)51-3)22-17-32-20-25-39(36)46(33)45(32)38/h7-11,13-28,30,50H,4-6,12,29H2,1-3H3. The molecule has 1 unspecified atom stereocenters. The van der Waals surface area contributed by atoms with Crippen LogP contribution < -0.4 is 9.47 Å². The quantitative estimate of drug-likeness (QED) is 0.130. The summed E-state index contributed by atoms with van der Waals surface area (Å²) in [4.78, 5) is 10.2. The molecule has 0 saturated carbocycles. The van der Waals surface area contributed by atoms with Gasteiger partial charge in [0.25, 0.3) is 0 Å². The average molecular weight is 683 g/mol. The molecule has 5 nitrogen and oxygen atoms in total. The Bertz CT molecular complexity index is 2510. The predicted molar refractivity (Wildman–Crippen MR) is 214 cm³/mol. The lowest BCUT2D eigenvalue weighted by Crippen LogP contribution is -2.11. The van der Waals surface area contributed by atoms with Gasteiger partial charge < -0.3 is 14.6 Å². The van der Waals surface area contributed by atoms with Gasteiger partial charge in [0.15, 0.2) is 5.82 Å². The monoisotopic (exact) mass is 682 g/mol. The third kappa shape index (κ3) is 6.17. The average Bonchev–Trinajstić information content (AvgIpc) is 3.20. The van der Waals surface area contributed by atoms with Crippen LogP contribution in [0.4, 0.5) is 0 Å². The van der Waals surface area contributed by atoms with Crippen LogP contribution in [-0.2, 0) is 0 Å². The van der Waals surface area contributed by atoms with Crippen molar-refractivity contribution in [1.82, 2.24) is 9.97 Å². The highest BCUT2D eigenvalue weighted by Gasteiger charge is 2.19. The van der Waals surface area contributed by atoms with Crippen LogP contribution in [0.1, 0.15) is 39.5 Å². The highest BCUT2D eigenvalue weighted by Crippen LogP contribution is 2.44. The third-order valence-electron chi connectivity index (χ3n) is 10.4. The molecule has 1 aromatic heterocycles. The van der Waals surface area contributed by atoms with Crippen LogP contribution in [0.2, 0.25) is 0 Å². The molecule has 0 aliphatic carbocycles. The molecule has 0 radical (unpaired) electrons. The minimum Gasteiger partial charge on any atom is -0.507 e. The molecule has 0 bridgehead atoms. The van der Waals surface area contributed by atoms with Gasteiger partial charge in [-0.05, 0) is 74.5 Å². The Kier molecular flexibility index (Phi) is 9.17. The van der Waals surface area contributed by atoms with E-state index < -0.39 is 0 Å². The second-order valence-electron chi connectivity index (χ2n) is 13.6. The number of aromatic hydroxyl groups is 1. The van der Waals surface area contributed by atoms with Gasteiger partial charge in [0, 0.05) is 22.8 Å². The minimum absolute atomic E-state index is 0.0921. The van der Waals surface area contributed by atoms with Crippen molar-refractivity contribution >= 4 is 32.3 Å². The van der Waals surface area contributed by atoms with Gasteiger partial charge in [0.2, 0.25) is 0 Å². The molecule has 0 fully saturated rings.